The van der Waals surface area contributed by atoms with E-state index in [9.17, 15) is 9.90 Å². The van der Waals surface area contributed by atoms with Gasteiger partial charge in [-0.1, -0.05) is 48.5 Å². The Kier molecular flexibility index (Phi) is 4.76. The Bertz CT molecular complexity index is 780. The first kappa shape index (κ1) is 17.2. The predicted octanol–water partition coefficient (Wildman–Crippen LogP) is 2.01. The topological polar surface area (TPSA) is 53.0 Å². The standard InChI is InChI=1S/C21H24N2O3/c1-26-14-20(25)23-12-18-21(16-9-5-6-10-17(16)23)19(13-24)22(18)11-15-7-3-2-4-8-15/h2-10,18-19,21,24H,11-14H2,1H3/t18-,19-,21+/m0/s1. The highest BCUT2D eigenvalue weighted by Crippen LogP contribution is 2.48. The molecular weight excluding hydrogens is 328 g/mol. The molecule has 1 saturated heterocycles. The van der Waals surface area contributed by atoms with E-state index in [2.05, 4.69) is 23.1 Å². The van der Waals surface area contributed by atoms with E-state index in [4.69, 9.17) is 4.74 Å². The third-order valence-corrected chi connectivity index (χ3v) is 5.60. The average Bonchev–Trinajstić information content (AvgIpc) is 2.67. The molecule has 0 aromatic heterocycles. The summed E-state index contributed by atoms with van der Waals surface area (Å²) >= 11 is 0. The van der Waals surface area contributed by atoms with Crippen molar-refractivity contribution in [2.24, 2.45) is 0 Å². The van der Waals surface area contributed by atoms with E-state index >= 15 is 0 Å². The molecule has 5 nitrogen and oxygen atoms in total. The highest BCUT2D eigenvalue weighted by Gasteiger charge is 2.52. The van der Waals surface area contributed by atoms with Gasteiger partial charge >= 0.3 is 0 Å². The van der Waals surface area contributed by atoms with Crippen molar-refractivity contribution < 1.29 is 14.6 Å². The molecule has 0 saturated carbocycles. The summed E-state index contributed by atoms with van der Waals surface area (Å²) in [5.74, 6) is 0.233. The van der Waals surface area contributed by atoms with E-state index in [0.29, 0.717) is 6.54 Å². The minimum atomic E-state index is -0.0227. The number of carbonyl (C=O) groups is 1. The second kappa shape index (κ2) is 7.19. The first-order valence-corrected chi connectivity index (χ1v) is 9.03. The molecule has 2 aliphatic rings. The second-order valence-corrected chi connectivity index (χ2v) is 7.00. The van der Waals surface area contributed by atoms with Crippen LogP contribution in [0.4, 0.5) is 5.69 Å². The number of hydrogen-bond acceptors (Lipinski definition) is 4. The Hall–Kier alpha value is -2.21. The lowest BCUT2D eigenvalue weighted by molar-refractivity contribution is -0.123. The third-order valence-electron chi connectivity index (χ3n) is 5.60. The molecule has 1 N–H and O–H groups in total. The fourth-order valence-electron chi connectivity index (χ4n) is 4.43. The maximum atomic E-state index is 12.6. The molecule has 0 unspecified atom stereocenters. The van der Waals surface area contributed by atoms with Crippen molar-refractivity contribution in [1.29, 1.82) is 0 Å². The molecule has 4 rings (SSSR count). The molecule has 1 fully saturated rings. The molecule has 1 amide bonds. The Morgan fingerprint density at radius 3 is 2.62 bits per heavy atom. The minimum absolute atomic E-state index is 0.0227. The van der Waals surface area contributed by atoms with Crippen LogP contribution in [0.3, 0.4) is 0 Å². The summed E-state index contributed by atoms with van der Waals surface area (Å²) in [6, 6.07) is 18.6. The lowest BCUT2D eigenvalue weighted by Crippen LogP contribution is -2.68. The monoisotopic (exact) mass is 352 g/mol. The van der Waals surface area contributed by atoms with Gasteiger partial charge in [0.15, 0.2) is 0 Å². The van der Waals surface area contributed by atoms with Crippen LogP contribution in [0.1, 0.15) is 17.0 Å². The fourth-order valence-corrected chi connectivity index (χ4v) is 4.43. The SMILES string of the molecule is COCC(=O)N1C[C@H]2[C@@H](c3ccccc31)[C@H](CO)N2Cc1ccccc1. The van der Waals surface area contributed by atoms with E-state index in [1.165, 1.54) is 5.56 Å². The number of aliphatic hydroxyl groups is 1. The molecule has 5 heteroatoms. The molecule has 136 valence electrons. The van der Waals surface area contributed by atoms with Gasteiger partial charge in [-0.15, -0.1) is 0 Å². The first-order valence-electron chi connectivity index (χ1n) is 9.03. The Morgan fingerprint density at radius 2 is 1.88 bits per heavy atom. The van der Waals surface area contributed by atoms with Gasteiger partial charge in [-0.05, 0) is 17.2 Å². The molecule has 0 bridgehead atoms. The van der Waals surface area contributed by atoms with Crippen LogP contribution in [0.25, 0.3) is 0 Å². The number of nitrogens with zero attached hydrogens (tertiary/aromatic N) is 2. The number of hydrogen-bond donors (Lipinski definition) is 1. The summed E-state index contributed by atoms with van der Waals surface area (Å²) in [5.41, 5.74) is 3.32. The van der Waals surface area contributed by atoms with Crippen LogP contribution in [0, 0.1) is 0 Å². The van der Waals surface area contributed by atoms with Crippen LogP contribution in [0.2, 0.25) is 0 Å². The zero-order valence-corrected chi connectivity index (χ0v) is 14.9. The van der Waals surface area contributed by atoms with E-state index < -0.39 is 0 Å². The van der Waals surface area contributed by atoms with Gasteiger partial charge in [-0.3, -0.25) is 9.69 Å². The molecule has 3 atom stereocenters. The van der Waals surface area contributed by atoms with Gasteiger partial charge in [0.05, 0.1) is 6.61 Å². The van der Waals surface area contributed by atoms with Gasteiger partial charge < -0.3 is 14.7 Å². The number of benzene rings is 2. The van der Waals surface area contributed by atoms with E-state index in [0.717, 1.165) is 17.8 Å². The Labute approximate surface area is 153 Å². The number of rotatable bonds is 5. The van der Waals surface area contributed by atoms with Gasteiger partial charge in [-0.25, -0.2) is 0 Å². The number of carbonyl (C=O) groups excluding carboxylic acids is 1. The van der Waals surface area contributed by atoms with Crippen LogP contribution in [0.15, 0.2) is 54.6 Å². The number of ether oxygens (including phenoxy) is 1. The summed E-state index contributed by atoms with van der Waals surface area (Å²) in [6.07, 6.45) is 0. The van der Waals surface area contributed by atoms with Crippen molar-refractivity contribution >= 4 is 11.6 Å². The van der Waals surface area contributed by atoms with Gasteiger partial charge in [0.25, 0.3) is 5.91 Å². The van der Waals surface area contributed by atoms with Crippen LogP contribution < -0.4 is 4.90 Å². The lowest BCUT2D eigenvalue weighted by Gasteiger charge is -2.59. The number of para-hydroxylation sites is 1. The summed E-state index contributed by atoms with van der Waals surface area (Å²) in [4.78, 5) is 16.7. The van der Waals surface area contributed by atoms with Crippen LogP contribution in [0.5, 0.6) is 0 Å². The fraction of sp³-hybridized carbons (Fsp3) is 0.381. The number of fused-ring (bicyclic) bond motifs is 3. The number of likely N-dealkylation sites (tertiary alicyclic amines) is 1. The van der Waals surface area contributed by atoms with Crippen molar-refractivity contribution in [1.82, 2.24) is 4.90 Å². The van der Waals surface area contributed by atoms with Crippen LogP contribution in [-0.4, -0.2) is 54.9 Å². The lowest BCUT2D eigenvalue weighted by atomic mass is 9.71. The number of aliphatic hydroxyl groups excluding tert-OH is 1. The zero-order valence-electron chi connectivity index (χ0n) is 14.9. The molecule has 2 aromatic carbocycles. The van der Waals surface area contributed by atoms with Gasteiger partial charge in [-0.2, -0.15) is 0 Å². The maximum absolute atomic E-state index is 12.6. The van der Waals surface area contributed by atoms with Crippen molar-refractivity contribution in [3.05, 3.63) is 65.7 Å². The molecule has 0 radical (unpaired) electrons. The summed E-state index contributed by atoms with van der Waals surface area (Å²) < 4.78 is 5.07. The third kappa shape index (κ3) is 2.82. The number of anilines is 1. The van der Waals surface area contributed by atoms with Gasteiger partial charge in [0, 0.05) is 43.9 Å². The smallest absolute Gasteiger partial charge is 0.253 e. The highest BCUT2D eigenvalue weighted by molar-refractivity contribution is 5.96. The normalized spacial score (nSPS) is 24.5. The maximum Gasteiger partial charge on any atom is 0.253 e. The molecule has 0 aliphatic carbocycles. The van der Waals surface area contributed by atoms with E-state index in [1.54, 1.807) is 7.11 Å². The zero-order chi connectivity index (χ0) is 18.1. The minimum Gasteiger partial charge on any atom is -0.395 e. The van der Waals surface area contributed by atoms with E-state index in [1.807, 2.05) is 41.3 Å². The quantitative estimate of drug-likeness (QED) is 0.894. The van der Waals surface area contributed by atoms with Crippen molar-refractivity contribution in [3.8, 4) is 0 Å². The molecule has 26 heavy (non-hydrogen) atoms. The van der Waals surface area contributed by atoms with Crippen LogP contribution >= 0.6 is 0 Å². The van der Waals surface area contributed by atoms with Crippen molar-refractivity contribution in [2.75, 3.05) is 31.8 Å². The van der Waals surface area contributed by atoms with Crippen molar-refractivity contribution in [3.63, 3.8) is 0 Å². The van der Waals surface area contributed by atoms with Gasteiger partial charge in [0.1, 0.15) is 6.61 Å². The van der Waals surface area contributed by atoms with Gasteiger partial charge in [0.2, 0.25) is 0 Å². The predicted molar refractivity (Wildman–Crippen MR) is 100 cm³/mol. The highest BCUT2D eigenvalue weighted by atomic mass is 16.5. The van der Waals surface area contributed by atoms with Crippen molar-refractivity contribution in [2.45, 2.75) is 24.5 Å². The molecular formula is C21H24N2O3. The molecule has 2 aliphatic heterocycles. The number of amides is 1. The molecule has 2 aromatic rings. The van der Waals surface area contributed by atoms with Crippen LogP contribution in [-0.2, 0) is 16.1 Å². The summed E-state index contributed by atoms with van der Waals surface area (Å²) in [7, 11) is 1.55. The Balaban J connectivity index is 1.65. The van der Waals surface area contributed by atoms with E-state index in [-0.39, 0.29) is 37.1 Å². The molecule has 2 heterocycles. The average molecular weight is 352 g/mol. The largest absolute Gasteiger partial charge is 0.395 e. The summed E-state index contributed by atoms with van der Waals surface area (Å²) in [6.45, 7) is 1.61. The Morgan fingerprint density at radius 1 is 1.15 bits per heavy atom. The number of methoxy groups -OCH3 is 1. The first-order chi connectivity index (χ1) is 12.7. The summed E-state index contributed by atoms with van der Waals surface area (Å²) in [5, 5.41) is 10.0. The molecule has 0 spiro atoms. The second-order valence-electron chi connectivity index (χ2n) is 7.00.